The first kappa shape index (κ1) is 17.6. The number of methoxy groups -OCH3 is 2. The molecule has 0 aliphatic carbocycles. The number of allylic oxidation sites excluding steroid dienone is 1. The fourth-order valence-corrected chi connectivity index (χ4v) is 1.69. The van der Waals surface area contributed by atoms with Gasteiger partial charge in [0.1, 0.15) is 5.75 Å². The topological polar surface area (TPSA) is 71.1 Å². The molecule has 120 valence electrons. The molecule has 6 nitrogen and oxygen atoms in total. The molecule has 1 rings (SSSR count). The van der Waals surface area contributed by atoms with E-state index in [4.69, 9.17) is 18.9 Å². The van der Waals surface area contributed by atoms with Gasteiger partial charge in [-0.1, -0.05) is 6.08 Å². The molecule has 0 fully saturated rings. The second-order valence-electron chi connectivity index (χ2n) is 4.20. The lowest BCUT2D eigenvalue weighted by Gasteiger charge is -2.11. The van der Waals surface area contributed by atoms with Crippen LogP contribution in [0.5, 0.6) is 17.2 Å². The van der Waals surface area contributed by atoms with Gasteiger partial charge in [0.05, 0.1) is 27.2 Å². The van der Waals surface area contributed by atoms with E-state index in [0.29, 0.717) is 11.5 Å². The highest BCUT2D eigenvalue weighted by Gasteiger charge is 2.17. The Kier molecular flexibility index (Phi) is 6.95. The van der Waals surface area contributed by atoms with Gasteiger partial charge in [0, 0.05) is 11.6 Å². The van der Waals surface area contributed by atoms with E-state index in [2.05, 4.69) is 0 Å². The van der Waals surface area contributed by atoms with Crippen LogP contribution in [0.4, 0.5) is 0 Å². The maximum Gasteiger partial charge on any atom is 0.334 e. The van der Waals surface area contributed by atoms with Gasteiger partial charge in [0.25, 0.3) is 0 Å². The van der Waals surface area contributed by atoms with Crippen molar-refractivity contribution in [3.05, 3.63) is 29.8 Å². The first-order valence-corrected chi connectivity index (χ1v) is 6.80. The van der Waals surface area contributed by atoms with E-state index >= 15 is 0 Å². The maximum atomic E-state index is 12.0. The molecule has 0 radical (unpaired) electrons. The Bertz CT molecular complexity index is 562. The molecule has 0 spiro atoms. The summed E-state index contributed by atoms with van der Waals surface area (Å²) in [5.74, 6) is 0.0333. The molecule has 1 aromatic rings. The van der Waals surface area contributed by atoms with Gasteiger partial charge in [-0.25, -0.2) is 4.79 Å². The molecule has 1 aromatic carbocycles. The lowest BCUT2D eigenvalue weighted by Crippen LogP contribution is -2.15. The lowest BCUT2D eigenvalue weighted by molar-refractivity contribution is -0.141. The number of rotatable bonds is 7. The van der Waals surface area contributed by atoms with Gasteiger partial charge in [0.2, 0.25) is 0 Å². The molecule has 0 N–H and O–H groups in total. The van der Waals surface area contributed by atoms with E-state index in [9.17, 15) is 9.59 Å². The van der Waals surface area contributed by atoms with Crippen molar-refractivity contribution < 1.29 is 28.5 Å². The van der Waals surface area contributed by atoms with E-state index in [0.717, 1.165) is 0 Å². The Balaban J connectivity index is 2.82. The van der Waals surface area contributed by atoms with Gasteiger partial charge in [-0.3, -0.25) is 4.79 Å². The second kappa shape index (κ2) is 8.71. The summed E-state index contributed by atoms with van der Waals surface area (Å²) in [7, 11) is 2.97. The molecule has 6 heteroatoms. The van der Waals surface area contributed by atoms with Crippen LogP contribution in [0.3, 0.4) is 0 Å². The van der Waals surface area contributed by atoms with Crippen molar-refractivity contribution in [2.75, 3.05) is 20.8 Å². The quantitative estimate of drug-likeness (QED) is 0.438. The number of carbonyl (C=O) groups excluding carboxylic acids is 2. The zero-order valence-corrected chi connectivity index (χ0v) is 13.2. The van der Waals surface area contributed by atoms with Crippen LogP contribution in [0.25, 0.3) is 0 Å². The average molecular weight is 308 g/mol. The zero-order valence-electron chi connectivity index (χ0n) is 13.2. The third kappa shape index (κ3) is 4.80. The molecule has 0 aliphatic heterocycles. The highest BCUT2D eigenvalue weighted by Crippen LogP contribution is 2.31. The first-order chi connectivity index (χ1) is 10.5. The molecule has 0 saturated carbocycles. The van der Waals surface area contributed by atoms with E-state index in [1.54, 1.807) is 26.0 Å². The molecule has 0 aliphatic rings. The summed E-state index contributed by atoms with van der Waals surface area (Å²) in [6, 6.07) is 4.85. The number of hydrogen-bond donors (Lipinski definition) is 0. The third-order valence-electron chi connectivity index (χ3n) is 2.82. The Hall–Kier alpha value is -2.50. The highest BCUT2D eigenvalue weighted by molar-refractivity contribution is 5.94. The number of esters is 2. The molecular weight excluding hydrogens is 288 g/mol. The van der Waals surface area contributed by atoms with E-state index in [1.165, 1.54) is 26.4 Å². The maximum absolute atomic E-state index is 12.0. The predicted molar refractivity (Wildman–Crippen MR) is 80.2 cm³/mol. The van der Waals surface area contributed by atoms with Crippen LogP contribution in [0.15, 0.2) is 29.8 Å². The highest BCUT2D eigenvalue weighted by atomic mass is 16.6. The first-order valence-electron chi connectivity index (χ1n) is 6.80. The lowest BCUT2D eigenvalue weighted by atomic mass is 10.2. The summed E-state index contributed by atoms with van der Waals surface area (Å²) >= 11 is 0. The van der Waals surface area contributed by atoms with Crippen molar-refractivity contribution in [2.24, 2.45) is 0 Å². The van der Waals surface area contributed by atoms with Gasteiger partial charge >= 0.3 is 11.9 Å². The van der Waals surface area contributed by atoms with E-state index < -0.39 is 11.9 Å². The predicted octanol–water partition coefficient (Wildman–Crippen LogP) is 2.51. The summed E-state index contributed by atoms with van der Waals surface area (Å²) in [5, 5.41) is 0. The van der Waals surface area contributed by atoms with Crippen LogP contribution >= 0.6 is 0 Å². The van der Waals surface area contributed by atoms with Crippen LogP contribution in [0, 0.1) is 0 Å². The van der Waals surface area contributed by atoms with E-state index in [-0.39, 0.29) is 24.4 Å². The summed E-state index contributed by atoms with van der Waals surface area (Å²) in [6.07, 6.45) is 1.34. The van der Waals surface area contributed by atoms with Gasteiger partial charge in [-0.05, 0) is 26.0 Å². The minimum atomic E-state index is -0.590. The van der Waals surface area contributed by atoms with E-state index in [1.807, 2.05) is 0 Å². The van der Waals surface area contributed by atoms with Crippen molar-refractivity contribution in [3.8, 4) is 17.2 Å². The van der Waals surface area contributed by atoms with Crippen LogP contribution in [-0.2, 0) is 14.3 Å². The summed E-state index contributed by atoms with van der Waals surface area (Å²) in [4.78, 5) is 23.6. The molecule has 0 bridgehead atoms. The fourth-order valence-electron chi connectivity index (χ4n) is 1.69. The van der Waals surface area contributed by atoms with Crippen molar-refractivity contribution in [2.45, 2.75) is 20.3 Å². The smallest absolute Gasteiger partial charge is 0.334 e. The molecule has 0 amide bonds. The van der Waals surface area contributed by atoms with Crippen molar-refractivity contribution in [1.82, 2.24) is 0 Å². The Labute approximate surface area is 129 Å². The van der Waals surface area contributed by atoms with Gasteiger partial charge in [-0.2, -0.15) is 0 Å². The Morgan fingerprint density at radius 3 is 2.41 bits per heavy atom. The molecule has 0 heterocycles. The average Bonchev–Trinajstić information content (AvgIpc) is 2.52. The minimum Gasteiger partial charge on any atom is -0.497 e. The normalized spacial score (nSPS) is 10.8. The zero-order chi connectivity index (χ0) is 16.5. The fraction of sp³-hybridized carbons (Fsp3) is 0.375. The Morgan fingerprint density at radius 2 is 1.86 bits per heavy atom. The summed E-state index contributed by atoms with van der Waals surface area (Å²) < 4.78 is 20.3. The largest absolute Gasteiger partial charge is 0.497 e. The molecule has 0 aromatic heterocycles. The summed E-state index contributed by atoms with van der Waals surface area (Å²) in [5.41, 5.74) is 0.244. The summed E-state index contributed by atoms with van der Waals surface area (Å²) in [6.45, 7) is 3.60. The number of hydrogen-bond acceptors (Lipinski definition) is 6. The van der Waals surface area contributed by atoms with Crippen LogP contribution in [-0.4, -0.2) is 32.8 Å². The monoisotopic (exact) mass is 308 g/mol. The van der Waals surface area contributed by atoms with Crippen LogP contribution in [0.2, 0.25) is 0 Å². The van der Waals surface area contributed by atoms with Gasteiger partial charge in [0.15, 0.2) is 11.5 Å². The van der Waals surface area contributed by atoms with Crippen molar-refractivity contribution >= 4 is 11.9 Å². The van der Waals surface area contributed by atoms with Crippen molar-refractivity contribution in [3.63, 3.8) is 0 Å². The standard InChI is InChI=1S/C16H20O6/c1-5-11(16(18)21-6-2)9-15(17)22-14-10-12(19-3)7-8-13(14)20-4/h5,7-8,10H,6,9H2,1-4H3. The van der Waals surface area contributed by atoms with Gasteiger partial charge < -0.3 is 18.9 Å². The molecular formula is C16H20O6. The molecule has 0 saturated heterocycles. The minimum absolute atomic E-state index is 0.185. The third-order valence-corrected chi connectivity index (χ3v) is 2.82. The SMILES string of the molecule is CC=C(CC(=O)Oc1cc(OC)ccc1OC)C(=O)OCC. The molecule has 0 unspecified atom stereocenters. The Morgan fingerprint density at radius 1 is 1.14 bits per heavy atom. The number of carbonyl (C=O) groups is 2. The van der Waals surface area contributed by atoms with Crippen LogP contribution < -0.4 is 14.2 Å². The number of benzene rings is 1. The van der Waals surface area contributed by atoms with Crippen LogP contribution in [0.1, 0.15) is 20.3 Å². The van der Waals surface area contributed by atoms with Gasteiger partial charge in [-0.15, -0.1) is 0 Å². The number of ether oxygens (including phenoxy) is 4. The van der Waals surface area contributed by atoms with Crippen molar-refractivity contribution in [1.29, 1.82) is 0 Å². The second-order valence-corrected chi connectivity index (χ2v) is 4.20. The molecule has 22 heavy (non-hydrogen) atoms. The molecule has 0 atom stereocenters.